The van der Waals surface area contributed by atoms with E-state index in [4.69, 9.17) is 0 Å². The summed E-state index contributed by atoms with van der Waals surface area (Å²) in [5.74, 6) is 0. The second kappa shape index (κ2) is 8.09. The maximum absolute atomic E-state index is 2.23. The van der Waals surface area contributed by atoms with Gasteiger partial charge in [-0.1, -0.05) is 26.0 Å². The first-order chi connectivity index (χ1) is 7.62. The lowest BCUT2D eigenvalue weighted by Gasteiger charge is -2.08. The molecule has 0 aliphatic heterocycles. The molecule has 0 aromatic carbocycles. The molecule has 0 heterocycles. The van der Waals surface area contributed by atoms with Gasteiger partial charge < -0.3 is 0 Å². The highest BCUT2D eigenvalue weighted by Crippen LogP contribution is 2.19. The third kappa shape index (κ3) is 4.18. The van der Waals surface area contributed by atoms with Gasteiger partial charge in [0.15, 0.2) is 0 Å². The molecule has 0 amide bonds. The molecule has 0 N–H and O–H groups in total. The molecule has 90 valence electrons. The van der Waals surface area contributed by atoms with Crippen LogP contribution >= 0.6 is 0 Å². The van der Waals surface area contributed by atoms with Gasteiger partial charge in [-0.05, 0) is 38.8 Å². The molecule has 0 aliphatic rings. The number of likely N-dealkylation sites (N-methyl/N-ethyl adjacent to an activating group) is 1. The number of hydrogen-bond acceptors (Lipinski definition) is 0. The molecular weight excluding hydrogens is 194 g/mol. The molecule has 0 rings (SSSR count). The SMILES string of the molecule is CC=CC(C)=C(CC)C(=CC)[N+](C)=CCC. The van der Waals surface area contributed by atoms with Gasteiger partial charge >= 0.3 is 0 Å². The standard InChI is InChI=1S/C15H26N/c1-7-11-13(5)14(9-3)15(10-4)16(6)12-8-2/h7,10-12H,8-9H2,1-6H3/q+1. The topological polar surface area (TPSA) is 3.01 Å². The van der Waals surface area contributed by atoms with E-state index >= 15 is 0 Å². The van der Waals surface area contributed by atoms with Gasteiger partial charge in [-0.25, -0.2) is 4.58 Å². The highest BCUT2D eigenvalue weighted by atomic mass is 15.0. The van der Waals surface area contributed by atoms with E-state index in [2.05, 4.69) is 70.7 Å². The van der Waals surface area contributed by atoms with Crippen LogP contribution in [0.3, 0.4) is 0 Å². The molecule has 0 saturated carbocycles. The van der Waals surface area contributed by atoms with Gasteiger partial charge in [0.1, 0.15) is 13.3 Å². The van der Waals surface area contributed by atoms with Crippen LogP contribution in [0.2, 0.25) is 0 Å². The molecule has 0 atom stereocenters. The lowest BCUT2D eigenvalue weighted by Crippen LogP contribution is -2.09. The quantitative estimate of drug-likeness (QED) is 0.369. The summed E-state index contributed by atoms with van der Waals surface area (Å²) >= 11 is 0. The van der Waals surface area contributed by atoms with Crippen LogP contribution < -0.4 is 0 Å². The lowest BCUT2D eigenvalue weighted by atomic mass is 10.0. The van der Waals surface area contributed by atoms with Crippen LogP contribution in [0.4, 0.5) is 0 Å². The Morgan fingerprint density at radius 2 is 1.81 bits per heavy atom. The Bertz CT molecular complexity index is 327. The van der Waals surface area contributed by atoms with Gasteiger partial charge in [-0.3, -0.25) is 0 Å². The first-order valence-electron chi connectivity index (χ1n) is 6.17. The molecule has 0 fully saturated rings. The summed E-state index contributed by atoms with van der Waals surface area (Å²) in [6.07, 6.45) is 10.8. The highest BCUT2D eigenvalue weighted by molar-refractivity contribution is 5.52. The van der Waals surface area contributed by atoms with Crippen LogP contribution in [-0.2, 0) is 0 Å². The lowest BCUT2D eigenvalue weighted by molar-refractivity contribution is -0.436. The van der Waals surface area contributed by atoms with Crippen molar-refractivity contribution in [2.75, 3.05) is 7.05 Å². The van der Waals surface area contributed by atoms with Gasteiger partial charge in [0.2, 0.25) is 5.70 Å². The molecular formula is C15H26N+. The molecule has 0 aliphatic carbocycles. The van der Waals surface area contributed by atoms with Crippen LogP contribution in [0.25, 0.3) is 0 Å². The van der Waals surface area contributed by atoms with E-state index in [0.717, 1.165) is 12.8 Å². The Balaban J connectivity index is 5.39. The predicted molar refractivity (Wildman–Crippen MR) is 74.1 cm³/mol. The van der Waals surface area contributed by atoms with E-state index in [9.17, 15) is 0 Å². The van der Waals surface area contributed by atoms with Crippen LogP contribution in [-0.4, -0.2) is 17.8 Å². The zero-order valence-corrected chi connectivity index (χ0v) is 11.7. The van der Waals surface area contributed by atoms with Crippen molar-refractivity contribution < 1.29 is 4.58 Å². The third-order valence-corrected chi connectivity index (χ3v) is 2.67. The molecule has 0 spiro atoms. The molecule has 1 heteroatoms. The first kappa shape index (κ1) is 14.9. The Kier molecular flexibility index (Phi) is 7.53. The van der Waals surface area contributed by atoms with E-state index in [1.54, 1.807) is 0 Å². The Morgan fingerprint density at radius 3 is 2.19 bits per heavy atom. The van der Waals surface area contributed by atoms with Gasteiger partial charge in [-0.15, -0.1) is 0 Å². The predicted octanol–water partition coefficient (Wildman–Crippen LogP) is 4.32. The van der Waals surface area contributed by atoms with E-state index in [1.165, 1.54) is 16.8 Å². The normalized spacial score (nSPS) is 15.6. The summed E-state index contributed by atoms with van der Waals surface area (Å²) in [4.78, 5) is 0. The minimum absolute atomic E-state index is 1.06. The number of nitrogens with zero attached hydrogens (tertiary/aromatic N) is 1. The number of hydrogen-bond donors (Lipinski definition) is 0. The second-order valence-corrected chi connectivity index (χ2v) is 3.89. The Labute approximate surface area is 101 Å². The third-order valence-electron chi connectivity index (χ3n) is 2.67. The molecule has 1 nitrogen and oxygen atoms in total. The zero-order chi connectivity index (χ0) is 12.6. The fourth-order valence-corrected chi connectivity index (χ4v) is 1.98. The van der Waals surface area contributed by atoms with Crippen molar-refractivity contribution in [3.63, 3.8) is 0 Å². The van der Waals surface area contributed by atoms with E-state index < -0.39 is 0 Å². The Morgan fingerprint density at radius 1 is 1.19 bits per heavy atom. The smallest absolute Gasteiger partial charge is 0.203 e. The molecule has 16 heavy (non-hydrogen) atoms. The van der Waals surface area contributed by atoms with Crippen LogP contribution in [0.15, 0.2) is 35.1 Å². The summed E-state index contributed by atoms with van der Waals surface area (Å²) in [5, 5.41) is 0. The largest absolute Gasteiger partial charge is 0.205 e. The zero-order valence-electron chi connectivity index (χ0n) is 11.7. The van der Waals surface area contributed by atoms with E-state index in [0.29, 0.717) is 0 Å². The van der Waals surface area contributed by atoms with Crippen LogP contribution in [0.5, 0.6) is 0 Å². The molecule has 0 bridgehead atoms. The van der Waals surface area contributed by atoms with Gasteiger partial charge in [0.05, 0.1) is 0 Å². The second-order valence-electron chi connectivity index (χ2n) is 3.89. The van der Waals surface area contributed by atoms with Crippen molar-refractivity contribution in [1.29, 1.82) is 0 Å². The average molecular weight is 220 g/mol. The average Bonchev–Trinajstić information content (AvgIpc) is 2.25. The fraction of sp³-hybridized carbons (Fsp3) is 0.533. The van der Waals surface area contributed by atoms with Crippen molar-refractivity contribution in [1.82, 2.24) is 0 Å². The summed E-state index contributed by atoms with van der Waals surface area (Å²) in [5.41, 5.74) is 4.10. The summed E-state index contributed by atoms with van der Waals surface area (Å²) < 4.78 is 2.23. The highest BCUT2D eigenvalue weighted by Gasteiger charge is 2.13. The van der Waals surface area contributed by atoms with Crippen molar-refractivity contribution in [2.24, 2.45) is 0 Å². The molecule has 0 aromatic rings. The maximum atomic E-state index is 2.23. The minimum atomic E-state index is 1.06. The molecule has 0 radical (unpaired) electrons. The fourth-order valence-electron chi connectivity index (χ4n) is 1.98. The number of allylic oxidation sites excluding steroid dienone is 5. The molecule has 0 aromatic heterocycles. The van der Waals surface area contributed by atoms with E-state index in [-0.39, 0.29) is 0 Å². The van der Waals surface area contributed by atoms with Crippen molar-refractivity contribution in [3.8, 4) is 0 Å². The molecule has 0 saturated heterocycles. The summed E-state index contributed by atoms with van der Waals surface area (Å²) in [6, 6.07) is 0. The van der Waals surface area contributed by atoms with Crippen LogP contribution in [0.1, 0.15) is 47.5 Å². The van der Waals surface area contributed by atoms with Gasteiger partial charge in [-0.2, -0.15) is 0 Å². The number of rotatable bonds is 5. The van der Waals surface area contributed by atoms with Gasteiger partial charge in [0.25, 0.3) is 0 Å². The first-order valence-corrected chi connectivity index (χ1v) is 6.17. The van der Waals surface area contributed by atoms with E-state index in [1.807, 2.05) is 0 Å². The van der Waals surface area contributed by atoms with Crippen molar-refractivity contribution in [2.45, 2.75) is 47.5 Å². The van der Waals surface area contributed by atoms with Crippen LogP contribution in [0, 0.1) is 0 Å². The summed E-state index contributed by atoms with van der Waals surface area (Å²) in [7, 11) is 2.12. The maximum Gasteiger partial charge on any atom is 0.203 e. The minimum Gasteiger partial charge on any atom is -0.205 e. The molecule has 0 unspecified atom stereocenters. The van der Waals surface area contributed by atoms with Gasteiger partial charge in [0, 0.05) is 12.0 Å². The van der Waals surface area contributed by atoms with Crippen molar-refractivity contribution >= 4 is 6.21 Å². The monoisotopic (exact) mass is 220 g/mol. The van der Waals surface area contributed by atoms with Crippen molar-refractivity contribution in [3.05, 3.63) is 35.1 Å². The Hall–Kier alpha value is -1.11. The summed E-state index contributed by atoms with van der Waals surface area (Å²) in [6.45, 7) is 10.7.